The predicted octanol–water partition coefficient (Wildman–Crippen LogP) is -1.50. The van der Waals surface area contributed by atoms with E-state index < -0.39 is 10.0 Å². The summed E-state index contributed by atoms with van der Waals surface area (Å²) in [6.45, 7) is 2.16. The van der Waals surface area contributed by atoms with E-state index in [2.05, 4.69) is 10.6 Å². The van der Waals surface area contributed by atoms with Gasteiger partial charge in [-0.05, 0) is 19.4 Å². The Hall–Kier alpha value is -0.660. The average molecular weight is 247 g/mol. The maximum atomic E-state index is 12.2. The van der Waals surface area contributed by atoms with E-state index in [1.54, 1.807) is 0 Å². The van der Waals surface area contributed by atoms with Crippen LogP contribution >= 0.6 is 0 Å². The van der Waals surface area contributed by atoms with E-state index in [1.807, 2.05) is 0 Å². The number of hydrogen-bond donors (Lipinski definition) is 2. The fourth-order valence-corrected chi connectivity index (χ4v) is 3.97. The van der Waals surface area contributed by atoms with E-state index in [1.165, 1.54) is 4.31 Å². The summed E-state index contributed by atoms with van der Waals surface area (Å²) in [6.07, 6.45) is 1.57. The number of rotatable bonds is 2. The summed E-state index contributed by atoms with van der Waals surface area (Å²) < 4.78 is 25.7. The van der Waals surface area contributed by atoms with Crippen molar-refractivity contribution in [2.75, 3.05) is 32.7 Å². The molecule has 0 saturated carbocycles. The molecule has 7 heteroatoms. The molecule has 6 nitrogen and oxygen atoms in total. The molecule has 2 aliphatic heterocycles. The van der Waals surface area contributed by atoms with Crippen molar-refractivity contribution in [3.8, 4) is 0 Å². The summed E-state index contributed by atoms with van der Waals surface area (Å²) in [6, 6.07) is 0. The number of piperidine rings is 1. The fraction of sp³-hybridized carbons (Fsp3) is 0.889. The second kappa shape index (κ2) is 4.68. The zero-order chi connectivity index (χ0) is 11.6. The Morgan fingerprint density at radius 3 is 2.75 bits per heavy atom. The first-order chi connectivity index (χ1) is 7.60. The molecular weight excluding hydrogens is 230 g/mol. The number of hydrogen-bond acceptors (Lipinski definition) is 4. The molecular formula is C9H17N3O3S. The van der Waals surface area contributed by atoms with Crippen LogP contribution in [0, 0.1) is 0 Å². The number of nitrogens with one attached hydrogen (secondary N) is 2. The SMILES string of the molecule is O=C1CN(S(=O)(=O)C2CCCNC2)CCN1. The Balaban J connectivity index is 2.07. The van der Waals surface area contributed by atoms with Crippen molar-refractivity contribution >= 4 is 15.9 Å². The van der Waals surface area contributed by atoms with Crippen LogP contribution in [0.2, 0.25) is 0 Å². The molecule has 0 aromatic rings. The standard InChI is InChI=1S/C9H17N3O3S/c13-9-7-12(5-4-11-9)16(14,15)8-2-1-3-10-6-8/h8,10H,1-7H2,(H,11,13). The van der Waals surface area contributed by atoms with Crippen molar-refractivity contribution < 1.29 is 13.2 Å². The van der Waals surface area contributed by atoms with Crippen molar-refractivity contribution in [2.24, 2.45) is 0 Å². The summed E-state index contributed by atoms with van der Waals surface area (Å²) in [5, 5.41) is 5.34. The lowest BCUT2D eigenvalue weighted by Gasteiger charge is -2.31. The maximum absolute atomic E-state index is 12.2. The number of carbonyl (C=O) groups excluding carboxylic acids is 1. The highest BCUT2D eigenvalue weighted by Crippen LogP contribution is 2.16. The molecule has 1 amide bonds. The third-order valence-electron chi connectivity index (χ3n) is 3.04. The van der Waals surface area contributed by atoms with Crippen molar-refractivity contribution in [1.82, 2.24) is 14.9 Å². The zero-order valence-electron chi connectivity index (χ0n) is 9.11. The molecule has 16 heavy (non-hydrogen) atoms. The van der Waals surface area contributed by atoms with E-state index in [9.17, 15) is 13.2 Å². The Labute approximate surface area is 95.4 Å². The highest BCUT2D eigenvalue weighted by Gasteiger charge is 2.35. The summed E-state index contributed by atoms with van der Waals surface area (Å²) in [4.78, 5) is 11.2. The monoisotopic (exact) mass is 247 g/mol. The van der Waals surface area contributed by atoms with Gasteiger partial charge in [-0.25, -0.2) is 8.42 Å². The molecule has 1 atom stereocenters. The average Bonchev–Trinajstić information content (AvgIpc) is 2.30. The molecule has 2 N–H and O–H groups in total. The van der Waals surface area contributed by atoms with Gasteiger partial charge in [-0.15, -0.1) is 0 Å². The lowest BCUT2D eigenvalue weighted by molar-refractivity contribution is -0.122. The Bertz CT molecular complexity index is 362. The van der Waals surface area contributed by atoms with Gasteiger partial charge in [-0.2, -0.15) is 4.31 Å². The Kier molecular flexibility index (Phi) is 3.46. The van der Waals surface area contributed by atoms with Crippen LogP contribution in [0.1, 0.15) is 12.8 Å². The summed E-state index contributed by atoms with van der Waals surface area (Å²) in [5.41, 5.74) is 0. The zero-order valence-corrected chi connectivity index (χ0v) is 9.92. The normalized spacial score (nSPS) is 28.8. The highest BCUT2D eigenvalue weighted by molar-refractivity contribution is 7.89. The molecule has 2 aliphatic rings. The van der Waals surface area contributed by atoms with Gasteiger partial charge in [0.2, 0.25) is 15.9 Å². The second-order valence-electron chi connectivity index (χ2n) is 4.20. The van der Waals surface area contributed by atoms with E-state index in [0.717, 1.165) is 13.0 Å². The van der Waals surface area contributed by atoms with E-state index in [4.69, 9.17) is 0 Å². The quantitative estimate of drug-likeness (QED) is 0.622. The second-order valence-corrected chi connectivity index (χ2v) is 6.41. The van der Waals surface area contributed by atoms with Crippen LogP contribution in [0.3, 0.4) is 0 Å². The smallest absolute Gasteiger partial charge is 0.235 e. The van der Waals surface area contributed by atoms with Crippen molar-refractivity contribution in [3.63, 3.8) is 0 Å². The lowest BCUT2D eigenvalue weighted by atomic mass is 10.2. The Morgan fingerprint density at radius 1 is 1.31 bits per heavy atom. The highest BCUT2D eigenvalue weighted by atomic mass is 32.2. The van der Waals surface area contributed by atoms with Gasteiger partial charge in [0, 0.05) is 19.6 Å². The minimum absolute atomic E-state index is 0.0289. The van der Waals surface area contributed by atoms with Gasteiger partial charge < -0.3 is 10.6 Å². The fourth-order valence-electron chi connectivity index (χ4n) is 2.12. The summed E-state index contributed by atoms with van der Waals surface area (Å²) in [7, 11) is -3.31. The first kappa shape index (κ1) is 11.8. The Morgan fingerprint density at radius 2 is 2.12 bits per heavy atom. The third kappa shape index (κ3) is 2.36. The predicted molar refractivity (Wildman–Crippen MR) is 59.4 cm³/mol. The van der Waals surface area contributed by atoms with Crippen LogP contribution < -0.4 is 10.6 Å². The molecule has 2 heterocycles. The maximum Gasteiger partial charge on any atom is 0.235 e. The largest absolute Gasteiger partial charge is 0.354 e. The molecule has 0 radical (unpaired) electrons. The topological polar surface area (TPSA) is 78.5 Å². The van der Waals surface area contributed by atoms with Crippen molar-refractivity contribution in [3.05, 3.63) is 0 Å². The van der Waals surface area contributed by atoms with Gasteiger partial charge in [-0.3, -0.25) is 4.79 Å². The van der Waals surface area contributed by atoms with Crippen LogP contribution in [0.4, 0.5) is 0 Å². The molecule has 2 fully saturated rings. The first-order valence-electron chi connectivity index (χ1n) is 5.57. The molecule has 1 unspecified atom stereocenters. The van der Waals surface area contributed by atoms with Gasteiger partial charge in [0.15, 0.2) is 0 Å². The number of piperazine rings is 1. The summed E-state index contributed by atoms with van der Waals surface area (Å²) >= 11 is 0. The molecule has 2 rings (SSSR count). The van der Waals surface area contributed by atoms with E-state index in [-0.39, 0.29) is 17.7 Å². The van der Waals surface area contributed by atoms with Crippen LogP contribution in [-0.2, 0) is 14.8 Å². The van der Waals surface area contributed by atoms with Gasteiger partial charge >= 0.3 is 0 Å². The van der Waals surface area contributed by atoms with Crippen LogP contribution in [0.15, 0.2) is 0 Å². The van der Waals surface area contributed by atoms with Gasteiger partial charge in [-0.1, -0.05) is 0 Å². The van der Waals surface area contributed by atoms with Crippen LogP contribution in [0.5, 0.6) is 0 Å². The molecule has 0 aromatic carbocycles. The van der Waals surface area contributed by atoms with Crippen LogP contribution in [0.25, 0.3) is 0 Å². The first-order valence-corrected chi connectivity index (χ1v) is 7.07. The van der Waals surface area contributed by atoms with Crippen LogP contribution in [-0.4, -0.2) is 56.6 Å². The van der Waals surface area contributed by atoms with E-state index in [0.29, 0.717) is 26.1 Å². The van der Waals surface area contributed by atoms with Gasteiger partial charge in [0.25, 0.3) is 0 Å². The van der Waals surface area contributed by atoms with Crippen molar-refractivity contribution in [1.29, 1.82) is 0 Å². The molecule has 0 aliphatic carbocycles. The lowest BCUT2D eigenvalue weighted by Crippen LogP contribution is -2.54. The molecule has 92 valence electrons. The molecule has 0 aromatic heterocycles. The number of nitrogens with zero attached hydrogens (tertiary/aromatic N) is 1. The number of carbonyl (C=O) groups is 1. The third-order valence-corrected chi connectivity index (χ3v) is 5.31. The number of sulfonamides is 1. The van der Waals surface area contributed by atoms with Crippen molar-refractivity contribution in [2.45, 2.75) is 18.1 Å². The minimum Gasteiger partial charge on any atom is -0.354 e. The molecule has 0 spiro atoms. The molecule has 0 bridgehead atoms. The van der Waals surface area contributed by atoms with Gasteiger partial charge in [0.05, 0.1) is 11.8 Å². The number of amides is 1. The van der Waals surface area contributed by atoms with Gasteiger partial charge in [0.1, 0.15) is 0 Å². The van der Waals surface area contributed by atoms with E-state index >= 15 is 0 Å². The minimum atomic E-state index is -3.31. The molecule has 2 saturated heterocycles. The summed E-state index contributed by atoms with van der Waals surface area (Å²) in [5.74, 6) is -0.210.